The molecular formula is C17H27N2O7P. The van der Waals surface area contributed by atoms with Gasteiger partial charge in [-0.05, 0) is 13.8 Å². The van der Waals surface area contributed by atoms with Gasteiger partial charge >= 0.3 is 7.60 Å². The molecule has 0 unspecified atom stereocenters. The first-order chi connectivity index (χ1) is 12.9. The highest BCUT2D eigenvalue weighted by atomic mass is 31.2. The van der Waals surface area contributed by atoms with E-state index in [1.807, 2.05) is 0 Å². The van der Waals surface area contributed by atoms with E-state index in [-0.39, 0.29) is 25.5 Å². The molecule has 152 valence electrons. The van der Waals surface area contributed by atoms with Crippen molar-refractivity contribution in [3.8, 4) is 11.5 Å². The van der Waals surface area contributed by atoms with Crippen LogP contribution in [-0.2, 0) is 23.2 Å². The Morgan fingerprint density at radius 1 is 1.19 bits per heavy atom. The molecule has 1 heterocycles. The number of nitrogens with zero attached hydrogens (tertiary/aromatic N) is 1. The minimum absolute atomic E-state index is 0.181. The van der Waals surface area contributed by atoms with Gasteiger partial charge in [0.05, 0.1) is 27.4 Å². The molecule has 1 aliphatic heterocycles. The third-order valence-corrected chi connectivity index (χ3v) is 6.53. The second-order valence-electron chi connectivity index (χ2n) is 5.82. The Hall–Kier alpha value is -1.64. The lowest BCUT2D eigenvalue weighted by Gasteiger charge is -2.25. The summed E-state index contributed by atoms with van der Waals surface area (Å²) in [6.45, 7) is 3.95. The first-order valence-electron chi connectivity index (χ1n) is 8.69. The maximum absolute atomic E-state index is 13.0. The van der Waals surface area contributed by atoms with Crippen LogP contribution < -0.4 is 14.8 Å². The van der Waals surface area contributed by atoms with E-state index in [4.69, 9.17) is 23.4 Å². The smallest absolute Gasteiger partial charge is 0.350 e. The average Bonchev–Trinajstić information content (AvgIpc) is 3.04. The molecule has 0 saturated carbocycles. The van der Waals surface area contributed by atoms with E-state index in [1.165, 1.54) is 19.3 Å². The van der Waals surface area contributed by atoms with Crippen molar-refractivity contribution in [2.24, 2.45) is 0 Å². The van der Waals surface area contributed by atoms with Crippen LogP contribution in [-0.4, -0.2) is 57.3 Å². The zero-order valence-corrected chi connectivity index (χ0v) is 17.2. The molecule has 1 aromatic rings. The van der Waals surface area contributed by atoms with Gasteiger partial charge in [0.25, 0.3) is 5.91 Å². The number of methoxy groups -OCH3 is 2. The zero-order valence-electron chi connectivity index (χ0n) is 16.3. The molecule has 1 aliphatic rings. The van der Waals surface area contributed by atoms with Crippen molar-refractivity contribution in [1.82, 2.24) is 5.06 Å². The molecule has 0 bridgehead atoms. The highest BCUT2D eigenvalue weighted by Gasteiger charge is 2.48. The fourth-order valence-corrected chi connectivity index (χ4v) is 4.85. The van der Waals surface area contributed by atoms with Crippen LogP contribution in [0, 0.1) is 0 Å². The van der Waals surface area contributed by atoms with E-state index >= 15 is 0 Å². The van der Waals surface area contributed by atoms with E-state index in [2.05, 4.69) is 5.32 Å². The van der Waals surface area contributed by atoms with Crippen molar-refractivity contribution >= 4 is 19.2 Å². The molecule has 1 N–H and O–H groups in total. The van der Waals surface area contributed by atoms with Crippen LogP contribution in [0.4, 0.5) is 5.69 Å². The van der Waals surface area contributed by atoms with Crippen molar-refractivity contribution in [1.29, 1.82) is 0 Å². The number of carbonyl (C=O) groups excluding carboxylic acids is 1. The second kappa shape index (κ2) is 9.52. The summed E-state index contributed by atoms with van der Waals surface area (Å²) < 4.78 is 34.1. The van der Waals surface area contributed by atoms with Gasteiger partial charge in [0.2, 0.25) is 0 Å². The fraction of sp³-hybridized carbons (Fsp3) is 0.588. The van der Waals surface area contributed by atoms with Gasteiger partial charge in [-0.2, -0.15) is 5.06 Å². The maximum atomic E-state index is 13.0. The van der Waals surface area contributed by atoms with E-state index in [0.29, 0.717) is 17.2 Å². The Kier molecular flexibility index (Phi) is 7.64. The lowest BCUT2D eigenvalue weighted by atomic mass is 10.2. The van der Waals surface area contributed by atoms with Crippen LogP contribution in [0.25, 0.3) is 0 Å². The minimum Gasteiger partial charge on any atom is -0.497 e. The van der Waals surface area contributed by atoms with Gasteiger partial charge in [-0.1, -0.05) is 0 Å². The number of carbonyl (C=O) groups is 1. The highest BCUT2D eigenvalue weighted by molar-refractivity contribution is 7.54. The van der Waals surface area contributed by atoms with Gasteiger partial charge in [0, 0.05) is 37.4 Å². The Labute approximate surface area is 159 Å². The molecule has 2 atom stereocenters. The largest absolute Gasteiger partial charge is 0.497 e. The average molecular weight is 402 g/mol. The Morgan fingerprint density at radius 3 is 2.22 bits per heavy atom. The number of ether oxygens (including phenoxy) is 2. The number of benzene rings is 1. The Morgan fingerprint density at radius 2 is 1.74 bits per heavy atom. The number of hydrogen-bond donors (Lipinski definition) is 1. The van der Waals surface area contributed by atoms with Crippen LogP contribution in [0.15, 0.2) is 18.2 Å². The molecule has 0 aromatic heterocycles. The van der Waals surface area contributed by atoms with Crippen molar-refractivity contribution in [3.05, 3.63) is 18.2 Å². The second-order valence-corrected chi connectivity index (χ2v) is 8.01. The molecular weight excluding hydrogens is 375 g/mol. The predicted molar refractivity (Wildman–Crippen MR) is 100 cm³/mol. The first kappa shape index (κ1) is 21.7. The number of nitrogens with one attached hydrogen (secondary N) is 1. The number of amides is 1. The number of anilines is 1. The lowest BCUT2D eigenvalue weighted by Crippen LogP contribution is -2.28. The van der Waals surface area contributed by atoms with Crippen molar-refractivity contribution in [2.75, 3.05) is 39.8 Å². The molecule has 1 fully saturated rings. The van der Waals surface area contributed by atoms with Gasteiger partial charge in [0.1, 0.15) is 17.3 Å². The van der Waals surface area contributed by atoms with Crippen LogP contribution in [0.1, 0.15) is 20.3 Å². The van der Waals surface area contributed by atoms with Crippen molar-refractivity contribution in [2.45, 2.75) is 32.2 Å². The molecule has 1 amide bonds. The van der Waals surface area contributed by atoms with Crippen molar-refractivity contribution < 1.29 is 32.7 Å². The molecule has 0 radical (unpaired) electrons. The molecule has 1 aromatic carbocycles. The normalized spacial score (nSPS) is 20.5. The molecule has 10 heteroatoms. The highest BCUT2D eigenvalue weighted by Crippen LogP contribution is 2.57. The Bertz CT molecular complexity index is 668. The summed E-state index contributed by atoms with van der Waals surface area (Å²) in [5, 5.41) is 4.15. The summed E-state index contributed by atoms with van der Waals surface area (Å²) in [4.78, 5) is 18.2. The molecule has 27 heavy (non-hydrogen) atoms. The molecule has 0 spiro atoms. The molecule has 0 aliphatic carbocycles. The SMILES string of the molecule is CCOP(=O)(OCC)[C@@H]1C[C@@H](C(=O)Nc2cc(OC)cc(OC)c2)ON1C. The lowest BCUT2D eigenvalue weighted by molar-refractivity contribution is -0.155. The van der Waals surface area contributed by atoms with Gasteiger partial charge in [-0.3, -0.25) is 14.2 Å². The van der Waals surface area contributed by atoms with Gasteiger partial charge in [0.15, 0.2) is 6.10 Å². The molecule has 1 saturated heterocycles. The van der Waals surface area contributed by atoms with Crippen LogP contribution in [0.2, 0.25) is 0 Å². The van der Waals surface area contributed by atoms with Crippen molar-refractivity contribution in [3.63, 3.8) is 0 Å². The van der Waals surface area contributed by atoms with E-state index in [1.54, 1.807) is 39.1 Å². The summed E-state index contributed by atoms with van der Waals surface area (Å²) in [7, 11) is 1.23. The third-order valence-electron chi connectivity index (χ3n) is 4.03. The molecule has 9 nitrogen and oxygen atoms in total. The van der Waals surface area contributed by atoms with Gasteiger partial charge in [-0.25, -0.2) is 0 Å². The van der Waals surface area contributed by atoms with E-state index in [9.17, 15) is 9.36 Å². The number of hydroxylamine groups is 2. The summed E-state index contributed by atoms with van der Waals surface area (Å²) in [6, 6.07) is 5.04. The van der Waals surface area contributed by atoms with Crippen LogP contribution in [0.3, 0.4) is 0 Å². The fourth-order valence-electron chi connectivity index (χ4n) is 2.81. The third kappa shape index (κ3) is 5.21. The number of hydrogen-bond acceptors (Lipinski definition) is 8. The summed E-state index contributed by atoms with van der Waals surface area (Å²) in [6.07, 6.45) is -0.646. The number of rotatable bonds is 9. The van der Waals surface area contributed by atoms with E-state index in [0.717, 1.165) is 0 Å². The van der Waals surface area contributed by atoms with Crippen LogP contribution in [0.5, 0.6) is 11.5 Å². The van der Waals surface area contributed by atoms with Gasteiger partial charge < -0.3 is 23.8 Å². The monoisotopic (exact) mass is 402 g/mol. The molecule has 2 rings (SSSR count). The standard InChI is InChI=1S/C17H27N2O7P/c1-6-24-27(21,25-7-2)16-11-15(26-19(16)3)17(20)18-12-8-13(22-4)10-14(9-12)23-5/h8-10,15-16H,6-7,11H2,1-5H3,(H,18,20)/t15-,16+/m0/s1. The predicted octanol–water partition coefficient (Wildman–Crippen LogP) is 2.87. The summed E-state index contributed by atoms with van der Waals surface area (Å²) in [5.74, 6) is 0.0561. The van der Waals surface area contributed by atoms with Crippen LogP contribution >= 0.6 is 7.60 Å². The zero-order chi connectivity index (χ0) is 20.0. The summed E-state index contributed by atoms with van der Waals surface area (Å²) >= 11 is 0. The maximum Gasteiger partial charge on any atom is 0.350 e. The van der Waals surface area contributed by atoms with Gasteiger partial charge in [-0.15, -0.1) is 0 Å². The minimum atomic E-state index is -3.43. The first-order valence-corrected chi connectivity index (χ1v) is 10.3. The topological polar surface area (TPSA) is 95.6 Å². The Balaban J connectivity index is 2.11. The van der Waals surface area contributed by atoms with E-state index < -0.39 is 19.5 Å². The quantitative estimate of drug-likeness (QED) is 0.630. The summed E-state index contributed by atoms with van der Waals surface area (Å²) in [5.41, 5.74) is 0.503.